The first-order valence-corrected chi connectivity index (χ1v) is 12.6. The second kappa shape index (κ2) is 7.62. The molecule has 1 aliphatic rings. The van der Waals surface area contributed by atoms with Crippen molar-refractivity contribution in [2.75, 3.05) is 13.7 Å². The minimum Gasteiger partial charge on any atom is -0.444 e. The van der Waals surface area contributed by atoms with E-state index in [0.717, 1.165) is 5.56 Å². The lowest BCUT2D eigenvalue weighted by Crippen LogP contribution is -2.49. The third-order valence-electron chi connectivity index (χ3n) is 4.24. The summed E-state index contributed by atoms with van der Waals surface area (Å²) in [6.07, 6.45) is 0.160. The molecule has 1 fully saturated rings. The predicted molar refractivity (Wildman–Crippen MR) is 106 cm³/mol. The Bertz CT molecular complexity index is 715. The van der Waals surface area contributed by atoms with Gasteiger partial charge < -0.3 is 13.9 Å². The fourth-order valence-corrected chi connectivity index (χ4v) is 4.68. The van der Waals surface area contributed by atoms with Gasteiger partial charge >= 0.3 is 6.09 Å². The largest absolute Gasteiger partial charge is 0.444 e. The number of methoxy groups -OCH3 is 1. The summed E-state index contributed by atoms with van der Waals surface area (Å²) in [6, 6.07) is 8.88. The highest BCUT2D eigenvalue weighted by atomic mass is 28.4. The third-order valence-corrected chi connectivity index (χ3v) is 5.20. The molecule has 2 atom stereocenters. The number of amides is 1. The van der Waals surface area contributed by atoms with Crippen LogP contribution in [-0.4, -0.2) is 44.4 Å². The zero-order chi connectivity index (χ0) is 20.5. The predicted octanol–water partition coefficient (Wildman–Crippen LogP) is 4.43. The van der Waals surface area contributed by atoms with Crippen molar-refractivity contribution in [3.05, 3.63) is 35.4 Å². The Morgan fingerprint density at radius 3 is 2.30 bits per heavy atom. The highest BCUT2D eigenvalue weighted by molar-refractivity contribution is 6.69. The van der Waals surface area contributed by atoms with Crippen molar-refractivity contribution in [2.45, 2.75) is 64.3 Å². The number of hydrogen-bond acceptors (Lipinski definition) is 5. The van der Waals surface area contributed by atoms with E-state index in [4.69, 9.17) is 19.2 Å². The molecule has 0 saturated carbocycles. The highest BCUT2D eigenvalue weighted by Gasteiger charge is 2.54. The van der Waals surface area contributed by atoms with E-state index in [1.807, 2.05) is 32.9 Å². The molecule has 2 unspecified atom stereocenters. The molecule has 0 spiro atoms. The van der Waals surface area contributed by atoms with Crippen molar-refractivity contribution in [1.29, 1.82) is 5.26 Å². The number of likely N-dealkylation sites (tertiary alicyclic amines) is 1. The van der Waals surface area contributed by atoms with Crippen molar-refractivity contribution in [2.24, 2.45) is 0 Å². The topological polar surface area (TPSA) is 71.8 Å². The fourth-order valence-electron chi connectivity index (χ4n) is 3.35. The van der Waals surface area contributed by atoms with Crippen LogP contribution in [0, 0.1) is 11.3 Å². The van der Waals surface area contributed by atoms with Crippen molar-refractivity contribution in [3.63, 3.8) is 0 Å². The Kier molecular flexibility index (Phi) is 6.05. The van der Waals surface area contributed by atoms with E-state index >= 15 is 0 Å². The van der Waals surface area contributed by atoms with Gasteiger partial charge in [-0.1, -0.05) is 12.1 Å². The van der Waals surface area contributed by atoms with Crippen LogP contribution in [0.4, 0.5) is 4.79 Å². The van der Waals surface area contributed by atoms with Gasteiger partial charge in [-0.2, -0.15) is 5.26 Å². The Labute approximate surface area is 163 Å². The average Bonchev–Trinajstić information content (AvgIpc) is 2.91. The summed E-state index contributed by atoms with van der Waals surface area (Å²) in [5, 5.41) is 9.08. The van der Waals surface area contributed by atoms with Gasteiger partial charge in [0.05, 0.1) is 11.6 Å². The van der Waals surface area contributed by atoms with Crippen LogP contribution in [0.5, 0.6) is 0 Å². The van der Waals surface area contributed by atoms with Gasteiger partial charge in [-0.05, 0) is 58.1 Å². The van der Waals surface area contributed by atoms with Crippen LogP contribution in [0.3, 0.4) is 0 Å². The van der Waals surface area contributed by atoms with Gasteiger partial charge in [0.15, 0.2) is 14.1 Å². The SMILES string of the molecule is COC1(O[Si](C)(C)C)CCN(C(=O)OC(C)(C)C)C1c1ccc(C#N)cc1. The van der Waals surface area contributed by atoms with Crippen molar-refractivity contribution >= 4 is 14.4 Å². The van der Waals surface area contributed by atoms with E-state index in [1.54, 1.807) is 24.1 Å². The van der Waals surface area contributed by atoms with Crippen molar-refractivity contribution in [3.8, 4) is 6.07 Å². The minimum atomic E-state index is -1.98. The second-order valence-electron chi connectivity index (χ2n) is 8.79. The summed E-state index contributed by atoms with van der Waals surface area (Å²) >= 11 is 0. The number of ether oxygens (including phenoxy) is 2. The molecule has 0 aliphatic carbocycles. The first kappa shape index (κ1) is 21.4. The molecule has 1 aromatic carbocycles. The van der Waals surface area contributed by atoms with Crippen LogP contribution >= 0.6 is 0 Å². The summed E-state index contributed by atoms with van der Waals surface area (Å²) < 4.78 is 18.0. The van der Waals surface area contributed by atoms with Crippen LogP contribution in [0.1, 0.15) is 44.4 Å². The summed E-state index contributed by atoms with van der Waals surface area (Å²) in [5.74, 6) is -0.935. The van der Waals surface area contributed by atoms with Gasteiger partial charge in [-0.3, -0.25) is 4.90 Å². The second-order valence-corrected chi connectivity index (χ2v) is 13.2. The van der Waals surface area contributed by atoms with E-state index in [1.165, 1.54) is 0 Å². The fraction of sp³-hybridized carbons (Fsp3) is 0.600. The molecule has 27 heavy (non-hydrogen) atoms. The highest BCUT2D eigenvalue weighted by Crippen LogP contribution is 2.45. The Hall–Kier alpha value is -1.88. The first-order valence-electron chi connectivity index (χ1n) is 9.16. The quantitative estimate of drug-likeness (QED) is 0.561. The van der Waals surface area contributed by atoms with Gasteiger partial charge in [0.1, 0.15) is 11.6 Å². The number of rotatable bonds is 4. The summed E-state index contributed by atoms with van der Waals surface area (Å²) in [7, 11) is -0.355. The van der Waals surface area contributed by atoms with E-state index in [9.17, 15) is 4.79 Å². The maximum absolute atomic E-state index is 12.9. The number of carbonyl (C=O) groups is 1. The molecule has 1 aliphatic heterocycles. The molecular weight excluding hydrogens is 360 g/mol. The molecule has 1 heterocycles. The van der Waals surface area contributed by atoms with Crippen LogP contribution in [0.25, 0.3) is 0 Å². The molecule has 0 radical (unpaired) electrons. The zero-order valence-corrected chi connectivity index (χ0v) is 18.3. The maximum atomic E-state index is 12.9. The van der Waals surface area contributed by atoms with E-state index in [2.05, 4.69) is 25.7 Å². The van der Waals surface area contributed by atoms with E-state index in [0.29, 0.717) is 18.5 Å². The lowest BCUT2D eigenvalue weighted by molar-refractivity contribution is -0.186. The normalized spacial score (nSPS) is 23.2. The summed E-state index contributed by atoms with van der Waals surface area (Å²) in [6.45, 7) is 12.3. The van der Waals surface area contributed by atoms with Crippen LogP contribution in [-0.2, 0) is 13.9 Å². The molecule has 1 amide bonds. The zero-order valence-electron chi connectivity index (χ0n) is 17.3. The Balaban J connectivity index is 2.48. The van der Waals surface area contributed by atoms with Crippen molar-refractivity contribution in [1.82, 2.24) is 4.90 Å². The number of carbonyl (C=O) groups excluding carboxylic acids is 1. The number of nitrogens with zero attached hydrogens (tertiary/aromatic N) is 2. The van der Waals surface area contributed by atoms with Crippen molar-refractivity contribution < 1.29 is 18.7 Å². The summed E-state index contributed by atoms with van der Waals surface area (Å²) in [4.78, 5) is 14.6. The maximum Gasteiger partial charge on any atom is 0.410 e. The number of benzene rings is 1. The van der Waals surface area contributed by atoms with Gasteiger partial charge in [0.2, 0.25) is 0 Å². The minimum absolute atomic E-state index is 0.394. The smallest absolute Gasteiger partial charge is 0.410 e. The molecular formula is C20H30N2O4Si. The molecule has 1 aromatic rings. The first-order chi connectivity index (χ1) is 12.4. The standard InChI is InChI=1S/C20H30N2O4Si/c1-19(2,3)25-18(23)22-13-12-20(24-4,26-27(5,6)7)17(22)16-10-8-15(14-21)9-11-16/h8-11,17H,12-13H2,1-7H3. The van der Waals surface area contributed by atoms with Crippen LogP contribution in [0.15, 0.2) is 24.3 Å². The Morgan fingerprint density at radius 1 is 1.26 bits per heavy atom. The van der Waals surface area contributed by atoms with Gasteiger partial charge in [0, 0.05) is 20.1 Å². The molecule has 2 rings (SSSR count). The average molecular weight is 391 g/mol. The van der Waals surface area contributed by atoms with Gasteiger partial charge in [-0.25, -0.2) is 4.79 Å². The van der Waals surface area contributed by atoms with Crippen LogP contribution < -0.4 is 0 Å². The molecule has 0 bridgehead atoms. The monoisotopic (exact) mass is 390 g/mol. The molecule has 0 N–H and O–H groups in total. The van der Waals surface area contributed by atoms with E-state index in [-0.39, 0.29) is 0 Å². The molecule has 148 valence electrons. The lowest BCUT2D eigenvalue weighted by Gasteiger charge is -2.41. The number of nitriles is 1. The van der Waals surface area contributed by atoms with E-state index < -0.39 is 31.8 Å². The van der Waals surface area contributed by atoms with Crippen LogP contribution in [0.2, 0.25) is 19.6 Å². The summed E-state index contributed by atoms with van der Waals surface area (Å²) in [5.41, 5.74) is 0.830. The molecule has 1 saturated heterocycles. The molecule has 7 heteroatoms. The molecule has 6 nitrogen and oxygen atoms in total. The number of hydrogen-bond donors (Lipinski definition) is 0. The van der Waals surface area contributed by atoms with Gasteiger partial charge in [0.25, 0.3) is 0 Å². The Morgan fingerprint density at radius 2 is 1.85 bits per heavy atom. The third kappa shape index (κ3) is 5.10. The van der Waals surface area contributed by atoms with Gasteiger partial charge in [-0.15, -0.1) is 0 Å². The lowest BCUT2D eigenvalue weighted by atomic mass is 9.98. The molecule has 0 aromatic heterocycles.